The Morgan fingerprint density at radius 2 is 2.19 bits per heavy atom. The Morgan fingerprint density at radius 1 is 1.30 bits per heavy atom. The van der Waals surface area contributed by atoms with Gasteiger partial charge in [-0.05, 0) is 54.9 Å². The summed E-state index contributed by atoms with van der Waals surface area (Å²) in [4.78, 5) is 16.4. The van der Waals surface area contributed by atoms with E-state index in [0.717, 1.165) is 12.4 Å². The maximum atomic E-state index is 12.0. The molecule has 0 saturated heterocycles. The number of rotatable bonds is 7. The summed E-state index contributed by atoms with van der Waals surface area (Å²) in [6, 6.07) is 12.6. The average molecular weight is 365 g/mol. The van der Waals surface area contributed by atoms with Gasteiger partial charge < -0.3 is 15.4 Å². The molecule has 2 aliphatic carbocycles. The summed E-state index contributed by atoms with van der Waals surface area (Å²) in [7, 11) is 1.62. The molecule has 2 unspecified atom stereocenters. The van der Waals surface area contributed by atoms with Crippen molar-refractivity contribution in [1.29, 1.82) is 0 Å². The van der Waals surface area contributed by atoms with Crippen molar-refractivity contribution in [1.82, 2.24) is 10.3 Å². The lowest BCUT2D eigenvalue weighted by atomic mass is 9.78. The third kappa shape index (κ3) is 3.69. The van der Waals surface area contributed by atoms with Gasteiger partial charge in [0.2, 0.25) is 0 Å². The number of amides is 1. The van der Waals surface area contributed by atoms with Gasteiger partial charge in [-0.25, -0.2) is 4.98 Å². The number of carbonyl (C=O) groups excluding carboxylic acids is 1. The Bertz CT molecular complexity index is 805. The topological polar surface area (TPSA) is 63.2 Å². The predicted molar refractivity (Wildman–Crippen MR) is 106 cm³/mol. The van der Waals surface area contributed by atoms with Crippen molar-refractivity contribution in [2.45, 2.75) is 31.1 Å². The SMILES string of the molecule is COCCNC(=O)c1ccc(NCC2CC23CCCc2ccccc23)nc1. The number of aryl methyl sites for hydroxylation is 1. The van der Waals surface area contributed by atoms with E-state index in [9.17, 15) is 4.79 Å². The van der Waals surface area contributed by atoms with Gasteiger partial charge in [-0.15, -0.1) is 0 Å². The van der Waals surface area contributed by atoms with Gasteiger partial charge in [-0.2, -0.15) is 0 Å². The summed E-state index contributed by atoms with van der Waals surface area (Å²) < 4.78 is 4.94. The summed E-state index contributed by atoms with van der Waals surface area (Å²) in [6.45, 7) is 1.94. The lowest BCUT2D eigenvalue weighted by Gasteiger charge is -2.26. The van der Waals surface area contributed by atoms with Crippen molar-refractivity contribution in [3.8, 4) is 0 Å². The Labute approximate surface area is 160 Å². The Morgan fingerprint density at radius 3 is 3.00 bits per heavy atom. The van der Waals surface area contributed by atoms with E-state index in [1.54, 1.807) is 18.9 Å². The van der Waals surface area contributed by atoms with E-state index in [4.69, 9.17) is 4.74 Å². The quantitative estimate of drug-likeness (QED) is 0.740. The average Bonchev–Trinajstić information content (AvgIpc) is 3.40. The van der Waals surface area contributed by atoms with Gasteiger partial charge in [0, 0.05) is 31.8 Å². The fourth-order valence-electron chi connectivity index (χ4n) is 4.47. The molecule has 1 fully saturated rings. The predicted octanol–water partition coefficient (Wildman–Crippen LogP) is 3.16. The molecule has 0 radical (unpaired) electrons. The smallest absolute Gasteiger partial charge is 0.252 e. The van der Waals surface area contributed by atoms with Crippen LogP contribution in [0.3, 0.4) is 0 Å². The number of hydrogen-bond donors (Lipinski definition) is 2. The second kappa shape index (κ2) is 7.69. The minimum Gasteiger partial charge on any atom is -0.383 e. The molecule has 2 aliphatic rings. The van der Waals surface area contributed by atoms with Crippen molar-refractivity contribution < 1.29 is 9.53 Å². The van der Waals surface area contributed by atoms with Gasteiger partial charge in [0.25, 0.3) is 5.91 Å². The van der Waals surface area contributed by atoms with Crippen LogP contribution in [-0.4, -0.2) is 37.7 Å². The van der Waals surface area contributed by atoms with Crippen LogP contribution in [0.15, 0.2) is 42.6 Å². The van der Waals surface area contributed by atoms with Gasteiger partial charge in [-0.1, -0.05) is 24.3 Å². The second-order valence-electron chi connectivity index (χ2n) is 7.63. The van der Waals surface area contributed by atoms with Crippen LogP contribution < -0.4 is 10.6 Å². The minimum absolute atomic E-state index is 0.119. The molecule has 5 heteroatoms. The highest BCUT2D eigenvalue weighted by Gasteiger charge is 2.55. The van der Waals surface area contributed by atoms with Gasteiger partial charge in [0.15, 0.2) is 0 Å². The van der Waals surface area contributed by atoms with Crippen molar-refractivity contribution >= 4 is 11.7 Å². The molecule has 2 atom stereocenters. The van der Waals surface area contributed by atoms with Gasteiger partial charge in [0.1, 0.15) is 5.82 Å². The van der Waals surface area contributed by atoms with Gasteiger partial charge >= 0.3 is 0 Å². The van der Waals surface area contributed by atoms with Crippen LogP contribution in [0.2, 0.25) is 0 Å². The zero-order chi connectivity index (χ0) is 18.7. The van der Waals surface area contributed by atoms with Gasteiger partial charge in [0.05, 0.1) is 12.2 Å². The molecule has 1 amide bonds. The van der Waals surface area contributed by atoms with E-state index in [1.165, 1.54) is 31.2 Å². The summed E-state index contributed by atoms with van der Waals surface area (Å²) in [5.41, 5.74) is 4.05. The lowest BCUT2D eigenvalue weighted by Crippen LogP contribution is -2.27. The van der Waals surface area contributed by atoms with Crippen molar-refractivity contribution in [2.24, 2.45) is 5.92 Å². The van der Waals surface area contributed by atoms with Crippen molar-refractivity contribution in [3.63, 3.8) is 0 Å². The van der Waals surface area contributed by atoms with Crippen LogP contribution in [0, 0.1) is 5.92 Å². The zero-order valence-corrected chi connectivity index (χ0v) is 15.8. The van der Waals surface area contributed by atoms with E-state index in [2.05, 4.69) is 39.9 Å². The van der Waals surface area contributed by atoms with Crippen LogP contribution in [0.25, 0.3) is 0 Å². The second-order valence-corrected chi connectivity index (χ2v) is 7.63. The first-order valence-corrected chi connectivity index (χ1v) is 9.78. The number of hydrogen-bond acceptors (Lipinski definition) is 4. The zero-order valence-electron chi connectivity index (χ0n) is 15.8. The first kappa shape index (κ1) is 18.0. The number of anilines is 1. The lowest BCUT2D eigenvalue weighted by molar-refractivity contribution is 0.0937. The normalized spacial score (nSPS) is 22.9. The van der Waals surface area contributed by atoms with Gasteiger partial charge in [-0.3, -0.25) is 4.79 Å². The summed E-state index contributed by atoms with van der Waals surface area (Å²) in [5.74, 6) is 1.37. The molecule has 27 heavy (non-hydrogen) atoms. The third-order valence-electron chi connectivity index (χ3n) is 6.00. The maximum Gasteiger partial charge on any atom is 0.252 e. The molecule has 4 rings (SSSR count). The van der Waals surface area contributed by atoms with Crippen LogP contribution in [0.4, 0.5) is 5.82 Å². The molecule has 2 aromatic rings. The van der Waals surface area contributed by atoms with Crippen LogP contribution in [-0.2, 0) is 16.6 Å². The molecule has 2 N–H and O–H groups in total. The van der Waals surface area contributed by atoms with Crippen LogP contribution in [0.5, 0.6) is 0 Å². The molecular weight excluding hydrogens is 338 g/mol. The van der Waals surface area contributed by atoms with Crippen LogP contribution in [0.1, 0.15) is 40.7 Å². The Kier molecular flexibility index (Phi) is 5.12. The Hall–Kier alpha value is -2.40. The highest BCUT2D eigenvalue weighted by Crippen LogP contribution is 2.60. The summed E-state index contributed by atoms with van der Waals surface area (Å²) >= 11 is 0. The molecule has 1 heterocycles. The number of nitrogens with one attached hydrogen (secondary N) is 2. The molecule has 1 aromatic carbocycles. The minimum atomic E-state index is -0.119. The standard InChI is InChI=1S/C22H27N3O2/c1-27-12-11-23-21(26)17-8-9-20(24-14-17)25-15-18-13-22(18)10-4-6-16-5-2-3-7-19(16)22/h2-3,5,7-9,14,18H,4,6,10-13,15H2,1H3,(H,23,26)(H,24,25). The highest BCUT2D eigenvalue weighted by molar-refractivity contribution is 5.94. The summed E-state index contributed by atoms with van der Waals surface area (Å²) in [5, 5.41) is 6.27. The fourth-order valence-corrected chi connectivity index (χ4v) is 4.47. The molecule has 1 aromatic heterocycles. The maximum absolute atomic E-state index is 12.0. The van der Waals surface area contributed by atoms with Crippen LogP contribution >= 0.6 is 0 Å². The number of methoxy groups -OCH3 is 1. The number of carbonyl (C=O) groups is 1. The van der Waals surface area contributed by atoms with Crippen molar-refractivity contribution in [3.05, 3.63) is 59.3 Å². The molecule has 142 valence electrons. The van der Waals surface area contributed by atoms with E-state index in [1.807, 2.05) is 12.1 Å². The molecule has 1 spiro atoms. The number of pyridine rings is 1. The number of nitrogens with zero attached hydrogens (tertiary/aromatic N) is 1. The number of benzene rings is 1. The molecule has 0 bridgehead atoms. The Balaban J connectivity index is 1.32. The first-order valence-electron chi connectivity index (χ1n) is 9.78. The van der Waals surface area contributed by atoms with E-state index in [-0.39, 0.29) is 5.91 Å². The third-order valence-corrected chi connectivity index (χ3v) is 6.00. The molecular formula is C22H27N3O2. The largest absolute Gasteiger partial charge is 0.383 e. The molecule has 1 saturated carbocycles. The van der Waals surface area contributed by atoms with E-state index >= 15 is 0 Å². The number of fused-ring (bicyclic) bond motifs is 2. The summed E-state index contributed by atoms with van der Waals surface area (Å²) in [6.07, 6.45) is 6.69. The molecule has 5 nitrogen and oxygen atoms in total. The number of aromatic nitrogens is 1. The molecule has 0 aliphatic heterocycles. The van der Waals surface area contributed by atoms with E-state index < -0.39 is 0 Å². The fraction of sp³-hybridized carbons (Fsp3) is 0.455. The number of ether oxygens (including phenoxy) is 1. The highest BCUT2D eigenvalue weighted by atomic mass is 16.5. The monoisotopic (exact) mass is 365 g/mol. The van der Waals surface area contributed by atoms with E-state index in [0.29, 0.717) is 30.0 Å². The first-order chi connectivity index (χ1) is 13.2. The van der Waals surface area contributed by atoms with Crippen molar-refractivity contribution in [2.75, 3.05) is 32.1 Å².